The fourth-order valence-corrected chi connectivity index (χ4v) is 4.50. The molecule has 1 aliphatic heterocycles. The van der Waals surface area contributed by atoms with E-state index in [4.69, 9.17) is 17.3 Å². The summed E-state index contributed by atoms with van der Waals surface area (Å²) in [5, 5.41) is 12.5. The van der Waals surface area contributed by atoms with Gasteiger partial charge in [-0.15, -0.1) is 10.2 Å². The molecule has 4 heterocycles. The average molecular weight is 503 g/mol. The number of hydrogen-bond donors (Lipinski definition) is 1. The largest absolute Gasteiger partial charge is 0.383 e. The van der Waals surface area contributed by atoms with Crippen molar-refractivity contribution in [2.75, 3.05) is 25.4 Å². The quantitative estimate of drug-likeness (QED) is 0.418. The van der Waals surface area contributed by atoms with Crippen molar-refractivity contribution in [3.8, 4) is 28.2 Å². The zero-order valence-electron chi connectivity index (χ0n) is 18.5. The second-order valence-corrected chi connectivity index (χ2v) is 8.79. The summed E-state index contributed by atoms with van der Waals surface area (Å²) in [5.41, 5.74) is 8.38. The number of anilines is 1. The van der Waals surface area contributed by atoms with Gasteiger partial charge in [0.15, 0.2) is 11.6 Å². The maximum Gasteiger partial charge on any atom is 0.251 e. The highest BCUT2D eigenvalue weighted by atomic mass is 35.5. The summed E-state index contributed by atoms with van der Waals surface area (Å²) in [6, 6.07) is 6.60. The maximum absolute atomic E-state index is 14.7. The highest BCUT2D eigenvalue weighted by molar-refractivity contribution is 6.30. The molecule has 0 unspecified atom stereocenters. The second kappa shape index (κ2) is 9.67. The van der Waals surface area contributed by atoms with Crippen LogP contribution in [0, 0.1) is 5.82 Å². The van der Waals surface area contributed by atoms with Gasteiger partial charge in [0.25, 0.3) is 6.43 Å². The number of rotatable bonds is 6. The Balaban J connectivity index is 1.41. The zero-order chi connectivity index (χ0) is 24.5. The third-order valence-electron chi connectivity index (χ3n) is 6.16. The SMILES string of the molecule is Nc1ncc(-c2cnn(C3CCN(CC(F)F)CC3)c2)cc1-c1nncn1-c1cccc(Cl)c1F. The fraction of sp³-hybridized carbons (Fsp3) is 0.304. The van der Waals surface area contributed by atoms with Crippen LogP contribution in [0.2, 0.25) is 5.02 Å². The van der Waals surface area contributed by atoms with E-state index in [2.05, 4.69) is 20.3 Å². The highest BCUT2D eigenvalue weighted by Crippen LogP contribution is 2.32. The lowest BCUT2D eigenvalue weighted by molar-refractivity contribution is 0.0690. The Morgan fingerprint density at radius 1 is 1.14 bits per heavy atom. The summed E-state index contributed by atoms with van der Waals surface area (Å²) in [5.74, 6) is -0.0696. The molecule has 0 atom stereocenters. The molecule has 0 bridgehead atoms. The van der Waals surface area contributed by atoms with Crippen LogP contribution in [0.25, 0.3) is 28.2 Å². The number of pyridine rings is 1. The summed E-state index contributed by atoms with van der Waals surface area (Å²) in [6.45, 7) is 1.02. The van der Waals surface area contributed by atoms with Crippen LogP contribution in [0.15, 0.2) is 49.2 Å². The van der Waals surface area contributed by atoms with E-state index in [0.717, 1.165) is 24.0 Å². The van der Waals surface area contributed by atoms with Crippen molar-refractivity contribution >= 4 is 17.4 Å². The summed E-state index contributed by atoms with van der Waals surface area (Å²) in [7, 11) is 0. The number of nitrogens with two attached hydrogens (primary N) is 1. The first-order valence-electron chi connectivity index (χ1n) is 11.1. The smallest absolute Gasteiger partial charge is 0.251 e. The summed E-state index contributed by atoms with van der Waals surface area (Å²) < 4.78 is 43.3. The van der Waals surface area contributed by atoms with E-state index in [1.807, 2.05) is 10.9 Å². The molecule has 0 spiro atoms. The topological polar surface area (TPSA) is 90.7 Å². The van der Waals surface area contributed by atoms with Gasteiger partial charge >= 0.3 is 0 Å². The van der Waals surface area contributed by atoms with Gasteiger partial charge in [0, 0.05) is 36.6 Å². The molecule has 5 rings (SSSR count). The molecular formula is C23H22ClF3N8. The Morgan fingerprint density at radius 3 is 2.71 bits per heavy atom. The third-order valence-corrected chi connectivity index (χ3v) is 6.45. The first-order chi connectivity index (χ1) is 16.9. The number of hydrogen-bond acceptors (Lipinski definition) is 6. The normalized spacial score (nSPS) is 15.2. The molecule has 35 heavy (non-hydrogen) atoms. The summed E-state index contributed by atoms with van der Waals surface area (Å²) in [6.07, 6.45) is 5.81. The molecule has 1 aromatic carbocycles. The minimum Gasteiger partial charge on any atom is -0.383 e. The van der Waals surface area contributed by atoms with Gasteiger partial charge in [-0.05, 0) is 31.0 Å². The van der Waals surface area contributed by atoms with E-state index in [0.29, 0.717) is 24.5 Å². The van der Waals surface area contributed by atoms with Crippen molar-refractivity contribution in [1.29, 1.82) is 0 Å². The van der Waals surface area contributed by atoms with E-state index < -0.39 is 12.2 Å². The molecule has 0 radical (unpaired) electrons. The van der Waals surface area contributed by atoms with Gasteiger partial charge in [-0.2, -0.15) is 5.10 Å². The van der Waals surface area contributed by atoms with Crippen molar-refractivity contribution in [3.63, 3.8) is 0 Å². The first-order valence-corrected chi connectivity index (χ1v) is 11.4. The Labute approximate surface area is 204 Å². The van der Waals surface area contributed by atoms with E-state index in [1.54, 1.807) is 35.5 Å². The minimum absolute atomic E-state index is 0.0190. The molecule has 12 heteroatoms. The summed E-state index contributed by atoms with van der Waals surface area (Å²) in [4.78, 5) is 6.09. The van der Waals surface area contributed by atoms with Crippen LogP contribution in [-0.4, -0.2) is 60.5 Å². The van der Waals surface area contributed by atoms with Crippen LogP contribution in [-0.2, 0) is 0 Å². The molecule has 2 N–H and O–H groups in total. The number of alkyl halides is 2. The van der Waals surface area contributed by atoms with Crippen molar-refractivity contribution in [3.05, 3.63) is 60.0 Å². The maximum atomic E-state index is 14.7. The molecule has 0 aliphatic carbocycles. The molecule has 0 amide bonds. The van der Waals surface area contributed by atoms with Gasteiger partial charge < -0.3 is 5.73 Å². The number of nitrogens with zero attached hydrogens (tertiary/aromatic N) is 7. The van der Waals surface area contributed by atoms with Crippen LogP contribution in [0.1, 0.15) is 18.9 Å². The lowest BCUT2D eigenvalue weighted by Gasteiger charge is -2.31. The molecule has 3 aromatic heterocycles. The van der Waals surface area contributed by atoms with Crippen molar-refractivity contribution in [1.82, 2.24) is 34.4 Å². The van der Waals surface area contributed by atoms with Gasteiger partial charge in [-0.3, -0.25) is 14.1 Å². The minimum atomic E-state index is -2.32. The average Bonchev–Trinajstić information content (AvgIpc) is 3.52. The van der Waals surface area contributed by atoms with E-state index in [9.17, 15) is 13.2 Å². The number of halogens is 4. The zero-order valence-corrected chi connectivity index (χ0v) is 19.3. The van der Waals surface area contributed by atoms with Gasteiger partial charge in [0.05, 0.1) is 35.1 Å². The molecule has 4 aromatic rings. The molecule has 8 nitrogen and oxygen atoms in total. The second-order valence-electron chi connectivity index (χ2n) is 8.39. The molecule has 0 saturated carbocycles. The highest BCUT2D eigenvalue weighted by Gasteiger charge is 2.23. The predicted octanol–water partition coefficient (Wildman–Crippen LogP) is 4.47. The fourth-order valence-electron chi connectivity index (χ4n) is 4.33. The molecular weight excluding hydrogens is 481 g/mol. The number of piperidine rings is 1. The Hall–Kier alpha value is -3.44. The lowest BCUT2D eigenvalue weighted by atomic mass is 10.1. The number of likely N-dealkylation sites (tertiary alicyclic amines) is 1. The number of aromatic nitrogens is 6. The molecule has 1 saturated heterocycles. The third kappa shape index (κ3) is 4.73. The van der Waals surface area contributed by atoms with Crippen molar-refractivity contribution in [2.45, 2.75) is 25.3 Å². The molecule has 1 fully saturated rings. The first kappa shape index (κ1) is 23.3. The van der Waals surface area contributed by atoms with E-state index >= 15 is 0 Å². The van der Waals surface area contributed by atoms with Crippen LogP contribution in [0.4, 0.5) is 19.0 Å². The molecule has 182 valence electrons. The predicted molar refractivity (Wildman–Crippen MR) is 126 cm³/mol. The van der Waals surface area contributed by atoms with Gasteiger partial charge in [0.1, 0.15) is 12.1 Å². The Kier molecular flexibility index (Phi) is 6.44. The monoisotopic (exact) mass is 502 g/mol. The lowest BCUT2D eigenvalue weighted by Crippen LogP contribution is -2.37. The van der Waals surface area contributed by atoms with Gasteiger partial charge in [0.2, 0.25) is 0 Å². The van der Waals surface area contributed by atoms with Crippen LogP contribution >= 0.6 is 11.6 Å². The number of nitrogen functional groups attached to an aromatic ring is 1. The van der Waals surface area contributed by atoms with Crippen molar-refractivity contribution in [2.24, 2.45) is 0 Å². The van der Waals surface area contributed by atoms with Gasteiger partial charge in [-0.25, -0.2) is 18.2 Å². The van der Waals surface area contributed by atoms with Crippen LogP contribution in [0.3, 0.4) is 0 Å². The summed E-state index contributed by atoms with van der Waals surface area (Å²) >= 11 is 5.95. The van der Waals surface area contributed by atoms with Crippen LogP contribution < -0.4 is 5.73 Å². The van der Waals surface area contributed by atoms with Crippen LogP contribution in [0.5, 0.6) is 0 Å². The Bertz CT molecular complexity index is 1330. The standard InChI is InChI=1S/C23H22ClF3N8/c24-18-2-1-3-19(21(18)27)34-13-30-32-23(34)17-8-14(9-29-22(17)28)15-10-31-35(11-15)16-4-6-33(7-5-16)12-20(25)26/h1-3,8-11,13,16,20H,4-7,12H2,(H2,28,29). The Morgan fingerprint density at radius 2 is 1.94 bits per heavy atom. The van der Waals surface area contributed by atoms with Crippen molar-refractivity contribution < 1.29 is 13.2 Å². The van der Waals surface area contributed by atoms with Gasteiger partial charge in [-0.1, -0.05) is 17.7 Å². The molecule has 1 aliphatic rings. The van der Waals surface area contributed by atoms with E-state index in [1.165, 1.54) is 17.0 Å². The van der Waals surface area contributed by atoms with E-state index in [-0.39, 0.29) is 29.1 Å². The number of benzene rings is 1.